The van der Waals surface area contributed by atoms with Crippen molar-refractivity contribution in [3.05, 3.63) is 29.8 Å². The van der Waals surface area contributed by atoms with E-state index in [0.717, 1.165) is 12.1 Å². The van der Waals surface area contributed by atoms with Crippen LogP contribution in [0.1, 0.15) is 26.3 Å². The maximum Gasteiger partial charge on any atom is 0.245 e. The van der Waals surface area contributed by atoms with Crippen LogP contribution < -0.4 is 5.32 Å². The molecule has 4 heteroatoms. The van der Waals surface area contributed by atoms with Gasteiger partial charge in [0, 0.05) is 25.2 Å². The van der Waals surface area contributed by atoms with E-state index >= 15 is 0 Å². The number of ether oxygens (including phenoxy) is 1. The highest BCUT2D eigenvalue weighted by atomic mass is 16.5. The molecule has 0 saturated carbocycles. The van der Waals surface area contributed by atoms with Crippen LogP contribution in [0.25, 0.3) is 0 Å². The lowest BCUT2D eigenvalue weighted by molar-refractivity contribution is -0.158. The third-order valence-corrected chi connectivity index (χ3v) is 3.95. The second kappa shape index (κ2) is 4.77. The maximum absolute atomic E-state index is 12.7. The van der Waals surface area contributed by atoms with Crippen molar-refractivity contribution in [3.63, 3.8) is 0 Å². The van der Waals surface area contributed by atoms with E-state index < -0.39 is 0 Å². The number of hydrogen-bond donors (Lipinski definition) is 1. The summed E-state index contributed by atoms with van der Waals surface area (Å²) in [6, 6.07) is 8.01. The third kappa shape index (κ3) is 2.52. The Morgan fingerprint density at radius 1 is 1.40 bits per heavy atom. The standard InChI is InChI=1S/C16H22N2O2/c1-11-9-18(10-16(2,3)20-11)15(19)14-8-12-6-4-5-7-13(12)17-14/h4-7,11,14,17H,8-10H2,1-3H3/t11-,14+/m1/s1. The molecule has 4 nitrogen and oxygen atoms in total. The van der Waals surface area contributed by atoms with Crippen LogP contribution in [0.5, 0.6) is 0 Å². The summed E-state index contributed by atoms with van der Waals surface area (Å²) >= 11 is 0. The summed E-state index contributed by atoms with van der Waals surface area (Å²) < 4.78 is 5.86. The minimum atomic E-state index is -0.265. The van der Waals surface area contributed by atoms with Crippen molar-refractivity contribution in [1.82, 2.24) is 4.90 Å². The topological polar surface area (TPSA) is 41.6 Å². The molecule has 2 aliphatic heterocycles. The lowest BCUT2D eigenvalue weighted by Gasteiger charge is -2.42. The molecule has 108 valence electrons. The van der Waals surface area contributed by atoms with Crippen molar-refractivity contribution < 1.29 is 9.53 Å². The number of amides is 1. The summed E-state index contributed by atoms with van der Waals surface area (Å²) in [4.78, 5) is 14.7. The van der Waals surface area contributed by atoms with Crippen molar-refractivity contribution in [2.75, 3.05) is 18.4 Å². The summed E-state index contributed by atoms with van der Waals surface area (Å²) in [6.07, 6.45) is 0.868. The van der Waals surface area contributed by atoms with Crippen molar-refractivity contribution in [1.29, 1.82) is 0 Å². The Morgan fingerprint density at radius 2 is 2.15 bits per heavy atom. The predicted molar refractivity (Wildman–Crippen MR) is 78.8 cm³/mol. The average Bonchev–Trinajstić information content (AvgIpc) is 2.79. The van der Waals surface area contributed by atoms with Gasteiger partial charge in [-0.1, -0.05) is 18.2 Å². The molecular formula is C16H22N2O2. The number of fused-ring (bicyclic) bond motifs is 1. The number of morpholine rings is 1. The third-order valence-electron chi connectivity index (χ3n) is 3.95. The van der Waals surface area contributed by atoms with Crippen molar-refractivity contribution in [2.45, 2.75) is 44.9 Å². The van der Waals surface area contributed by atoms with Crippen LogP contribution in [0.2, 0.25) is 0 Å². The monoisotopic (exact) mass is 274 g/mol. The van der Waals surface area contributed by atoms with Gasteiger partial charge in [-0.25, -0.2) is 0 Å². The summed E-state index contributed by atoms with van der Waals surface area (Å²) in [5, 5.41) is 3.34. The quantitative estimate of drug-likeness (QED) is 0.852. The van der Waals surface area contributed by atoms with E-state index in [-0.39, 0.29) is 23.7 Å². The lowest BCUT2D eigenvalue weighted by atomic mass is 10.0. The molecule has 0 spiro atoms. The number of anilines is 1. The first-order chi connectivity index (χ1) is 9.44. The lowest BCUT2D eigenvalue weighted by Crippen LogP contribution is -2.56. The number of nitrogens with zero attached hydrogens (tertiary/aromatic N) is 1. The van der Waals surface area contributed by atoms with Gasteiger partial charge in [0.15, 0.2) is 0 Å². The molecule has 2 heterocycles. The number of hydrogen-bond acceptors (Lipinski definition) is 3. The summed E-state index contributed by atoms with van der Waals surface area (Å²) in [7, 11) is 0. The molecule has 2 aliphatic rings. The van der Waals surface area contributed by atoms with E-state index in [1.165, 1.54) is 5.56 Å². The molecule has 2 atom stereocenters. The summed E-state index contributed by atoms with van der Waals surface area (Å²) in [6.45, 7) is 7.44. The van der Waals surface area contributed by atoms with Gasteiger partial charge in [0.25, 0.3) is 0 Å². The molecule has 1 N–H and O–H groups in total. The van der Waals surface area contributed by atoms with Gasteiger partial charge in [-0.15, -0.1) is 0 Å². The van der Waals surface area contributed by atoms with Crippen molar-refractivity contribution >= 4 is 11.6 Å². The summed E-state index contributed by atoms with van der Waals surface area (Å²) in [5.41, 5.74) is 2.05. The van der Waals surface area contributed by atoms with Crippen LogP contribution in [0.3, 0.4) is 0 Å². The van der Waals surface area contributed by atoms with Crippen LogP contribution in [-0.4, -0.2) is 41.6 Å². The molecule has 3 rings (SSSR count). The van der Waals surface area contributed by atoms with E-state index in [1.807, 2.05) is 43.9 Å². The molecular weight excluding hydrogens is 252 g/mol. The van der Waals surface area contributed by atoms with Crippen LogP contribution in [0.4, 0.5) is 5.69 Å². The highest BCUT2D eigenvalue weighted by Gasteiger charge is 2.37. The number of nitrogens with one attached hydrogen (secondary N) is 1. The second-order valence-corrected chi connectivity index (χ2v) is 6.47. The van der Waals surface area contributed by atoms with E-state index in [9.17, 15) is 4.79 Å². The fourth-order valence-electron chi connectivity index (χ4n) is 3.29. The van der Waals surface area contributed by atoms with E-state index in [0.29, 0.717) is 13.1 Å². The maximum atomic E-state index is 12.7. The number of para-hydroxylation sites is 1. The van der Waals surface area contributed by atoms with Crippen molar-refractivity contribution in [2.24, 2.45) is 0 Å². The Morgan fingerprint density at radius 3 is 2.85 bits per heavy atom. The van der Waals surface area contributed by atoms with Gasteiger partial charge in [0.2, 0.25) is 5.91 Å². The van der Waals surface area contributed by atoms with Gasteiger partial charge >= 0.3 is 0 Å². The zero-order valence-electron chi connectivity index (χ0n) is 12.3. The van der Waals surface area contributed by atoms with Gasteiger partial charge in [0.1, 0.15) is 6.04 Å². The zero-order valence-corrected chi connectivity index (χ0v) is 12.3. The van der Waals surface area contributed by atoms with E-state index in [2.05, 4.69) is 11.4 Å². The first kappa shape index (κ1) is 13.4. The van der Waals surface area contributed by atoms with Gasteiger partial charge in [-0.05, 0) is 32.4 Å². The first-order valence-electron chi connectivity index (χ1n) is 7.26. The largest absolute Gasteiger partial charge is 0.373 e. The highest BCUT2D eigenvalue weighted by Crippen LogP contribution is 2.28. The van der Waals surface area contributed by atoms with E-state index in [1.54, 1.807) is 0 Å². The molecule has 0 aliphatic carbocycles. The Kier molecular flexibility index (Phi) is 3.21. The molecule has 1 aromatic carbocycles. The van der Waals surface area contributed by atoms with Crippen LogP contribution >= 0.6 is 0 Å². The number of carbonyl (C=O) groups is 1. The van der Waals surface area contributed by atoms with Gasteiger partial charge in [0.05, 0.1) is 11.7 Å². The smallest absolute Gasteiger partial charge is 0.245 e. The minimum Gasteiger partial charge on any atom is -0.373 e. The van der Waals surface area contributed by atoms with Gasteiger partial charge in [-0.3, -0.25) is 4.79 Å². The molecule has 0 bridgehead atoms. The fourth-order valence-corrected chi connectivity index (χ4v) is 3.29. The first-order valence-corrected chi connectivity index (χ1v) is 7.26. The molecule has 0 unspecified atom stereocenters. The Hall–Kier alpha value is -1.55. The van der Waals surface area contributed by atoms with Crippen LogP contribution in [-0.2, 0) is 16.0 Å². The average molecular weight is 274 g/mol. The molecule has 1 fully saturated rings. The predicted octanol–water partition coefficient (Wildman–Crippen LogP) is 2.05. The number of carbonyl (C=O) groups excluding carboxylic acids is 1. The number of rotatable bonds is 1. The summed E-state index contributed by atoms with van der Waals surface area (Å²) in [5.74, 6) is 0.185. The zero-order chi connectivity index (χ0) is 14.3. The van der Waals surface area contributed by atoms with E-state index in [4.69, 9.17) is 4.74 Å². The Labute approximate surface area is 120 Å². The molecule has 20 heavy (non-hydrogen) atoms. The fraction of sp³-hybridized carbons (Fsp3) is 0.562. The molecule has 0 radical (unpaired) electrons. The van der Waals surface area contributed by atoms with Gasteiger partial charge in [-0.2, -0.15) is 0 Å². The van der Waals surface area contributed by atoms with Crippen molar-refractivity contribution in [3.8, 4) is 0 Å². The second-order valence-electron chi connectivity index (χ2n) is 6.47. The number of benzene rings is 1. The molecule has 1 amide bonds. The highest BCUT2D eigenvalue weighted by molar-refractivity contribution is 5.87. The molecule has 1 saturated heterocycles. The normalized spacial score (nSPS) is 27.9. The Balaban J connectivity index is 1.72. The van der Waals surface area contributed by atoms with Crippen LogP contribution in [0.15, 0.2) is 24.3 Å². The van der Waals surface area contributed by atoms with Gasteiger partial charge < -0.3 is 15.0 Å². The van der Waals surface area contributed by atoms with Crippen LogP contribution in [0, 0.1) is 0 Å². The minimum absolute atomic E-state index is 0.0893. The molecule has 0 aromatic heterocycles. The SMILES string of the molecule is C[C@@H]1CN(C(=O)[C@@H]2Cc3ccccc3N2)CC(C)(C)O1. The molecule has 1 aromatic rings. The Bertz CT molecular complexity index is 502.